The van der Waals surface area contributed by atoms with Gasteiger partial charge in [-0.3, -0.25) is 0 Å². The lowest BCUT2D eigenvalue weighted by molar-refractivity contribution is 0.0692. The maximum atomic E-state index is 10.9. The third-order valence-corrected chi connectivity index (χ3v) is 3.04. The third kappa shape index (κ3) is 3.61. The number of rotatable bonds is 6. The highest BCUT2D eigenvalue weighted by Crippen LogP contribution is 2.28. The van der Waals surface area contributed by atoms with Crippen LogP contribution in [-0.4, -0.2) is 29.2 Å². The van der Waals surface area contributed by atoms with Crippen molar-refractivity contribution in [2.24, 2.45) is 0 Å². The molecule has 5 heteroatoms. The predicted molar refractivity (Wildman–Crippen MR) is 66.9 cm³/mol. The molecule has 1 rings (SSSR count). The van der Waals surface area contributed by atoms with Gasteiger partial charge >= 0.3 is 5.97 Å². The van der Waals surface area contributed by atoms with Gasteiger partial charge in [0.05, 0.1) is 11.6 Å². The smallest absolute Gasteiger partial charge is 0.339 e. The first-order valence-corrected chi connectivity index (χ1v) is 6.42. The minimum absolute atomic E-state index is 0.106. The van der Waals surface area contributed by atoms with Crippen molar-refractivity contribution < 1.29 is 14.6 Å². The molecule has 0 aromatic heterocycles. The number of aromatic carboxylic acids is 1. The van der Waals surface area contributed by atoms with E-state index in [9.17, 15) is 4.79 Å². The van der Waals surface area contributed by atoms with E-state index in [1.807, 2.05) is 0 Å². The second-order valence-corrected chi connectivity index (χ2v) is 4.77. The predicted octanol–water partition coefficient (Wildman–Crippen LogP) is 3.17. The molecule has 0 amide bonds. The molecule has 1 N–H and O–H groups in total. The lowest BCUT2D eigenvalue weighted by Gasteiger charge is -2.10. The minimum atomic E-state index is -1.03. The fourth-order valence-electron chi connectivity index (χ4n) is 1.17. The average molecular weight is 261 g/mol. The van der Waals surface area contributed by atoms with Gasteiger partial charge in [0.2, 0.25) is 0 Å². The summed E-state index contributed by atoms with van der Waals surface area (Å²) in [6.45, 7) is 2.52. The average Bonchev–Trinajstić information content (AvgIpc) is 2.25. The van der Waals surface area contributed by atoms with Gasteiger partial charge in [0, 0.05) is 5.75 Å². The van der Waals surface area contributed by atoms with Gasteiger partial charge < -0.3 is 9.84 Å². The summed E-state index contributed by atoms with van der Waals surface area (Å²) in [6.07, 6.45) is 0. The second-order valence-electron chi connectivity index (χ2n) is 2.97. The van der Waals surface area contributed by atoms with Crippen LogP contribution in [-0.2, 0) is 0 Å². The Bertz CT molecular complexity index is 368. The van der Waals surface area contributed by atoms with Crippen LogP contribution in [0.25, 0.3) is 0 Å². The maximum absolute atomic E-state index is 10.9. The lowest BCUT2D eigenvalue weighted by atomic mass is 10.2. The zero-order chi connectivity index (χ0) is 12.0. The van der Waals surface area contributed by atoms with E-state index in [-0.39, 0.29) is 11.3 Å². The van der Waals surface area contributed by atoms with E-state index in [4.69, 9.17) is 21.4 Å². The first-order chi connectivity index (χ1) is 7.66. The summed E-state index contributed by atoms with van der Waals surface area (Å²) in [4.78, 5) is 10.9. The third-order valence-electron chi connectivity index (χ3n) is 1.88. The molecule has 0 atom stereocenters. The van der Waals surface area contributed by atoms with Crippen LogP contribution in [0.5, 0.6) is 5.75 Å². The van der Waals surface area contributed by atoms with Gasteiger partial charge in [0.15, 0.2) is 5.75 Å². The number of carboxylic acid groups (broad SMARTS) is 1. The summed E-state index contributed by atoms with van der Waals surface area (Å²) in [5, 5.41) is 9.28. The molecule has 0 heterocycles. The van der Waals surface area contributed by atoms with E-state index in [1.54, 1.807) is 23.9 Å². The summed E-state index contributed by atoms with van der Waals surface area (Å²) in [6, 6.07) is 4.70. The van der Waals surface area contributed by atoms with Crippen molar-refractivity contribution in [1.29, 1.82) is 0 Å². The van der Waals surface area contributed by atoms with Crippen molar-refractivity contribution in [2.75, 3.05) is 18.1 Å². The molecule has 3 nitrogen and oxygen atoms in total. The number of para-hydroxylation sites is 1. The Morgan fingerprint density at radius 2 is 2.31 bits per heavy atom. The number of halogens is 1. The van der Waals surface area contributed by atoms with Crippen molar-refractivity contribution in [3.05, 3.63) is 28.8 Å². The Labute approximate surface area is 104 Å². The number of benzene rings is 1. The number of hydrogen-bond donors (Lipinski definition) is 1. The standard InChI is InChI=1S/C11H13ClO3S/c1-2-16-7-6-15-10-8(11(13)14)4-3-5-9(10)12/h3-5H,2,6-7H2,1H3,(H,13,14). The molecule has 0 radical (unpaired) electrons. The van der Waals surface area contributed by atoms with Gasteiger partial charge in [-0.15, -0.1) is 0 Å². The zero-order valence-corrected chi connectivity index (χ0v) is 10.5. The number of carboxylic acids is 1. The summed E-state index contributed by atoms with van der Waals surface area (Å²) < 4.78 is 5.40. The Morgan fingerprint density at radius 1 is 1.56 bits per heavy atom. The molecule has 88 valence electrons. The number of carbonyl (C=O) groups is 1. The van der Waals surface area contributed by atoms with Crippen LogP contribution < -0.4 is 4.74 Å². The van der Waals surface area contributed by atoms with Crippen LogP contribution >= 0.6 is 23.4 Å². The molecule has 0 bridgehead atoms. The van der Waals surface area contributed by atoms with Crippen LogP contribution in [0, 0.1) is 0 Å². The molecular formula is C11H13ClO3S. The van der Waals surface area contributed by atoms with Crippen LogP contribution in [0.1, 0.15) is 17.3 Å². The quantitative estimate of drug-likeness (QED) is 0.798. The van der Waals surface area contributed by atoms with Gasteiger partial charge in [-0.1, -0.05) is 24.6 Å². The number of ether oxygens (including phenoxy) is 1. The monoisotopic (exact) mass is 260 g/mol. The molecule has 1 aromatic rings. The Morgan fingerprint density at radius 3 is 2.94 bits per heavy atom. The first-order valence-electron chi connectivity index (χ1n) is 4.89. The zero-order valence-electron chi connectivity index (χ0n) is 8.90. The Balaban J connectivity index is 2.73. The van der Waals surface area contributed by atoms with Gasteiger partial charge in [0.1, 0.15) is 5.56 Å². The Kier molecular flexibility index (Phi) is 5.49. The molecular weight excluding hydrogens is 248 g/mol. The van der Waals surface area contributed by atoms with E-state index >= 15 is 0 Å². The van der Waals surface area contributed by atoms with E-state index in [0.717, 1.165) is 11.5 Å². The molecule has 0 saturated carbocycles. The highest BCUT2D eigenvalue weighted by atomic mass is 35.5. The second kappa shape index (κ2) is 6.66. The van der Waals surface area contributed by atoms with Crippen molar-refractivity contribution in [3.8, 4) is 5.75 Å². The maximum Gasteiger partial charge on any atom is 0.339 e. The summed E-state index contributed by atoms with van der Waals surface area (Å²) in [5.74, 6) is 1.06. The normalized spacial score (nSPS) is 10.1. The van der Waals surface area contributed by atoms with Crippen molar-refractivity contribution >= 4 is 29.3 Å². The van der Waals surface area contributed by atoms with Crippen LogP contribution in [0.2, 0.25) is 5.02 Å². The molecule has 16 heavy (non-hydrogen) atoms. The molecule has 1 aromatic carbocycles. The number of thioether (sulfide) groups is 1. The summed E-state index contributed by atoms with van der Waals surface area (Å²) >= 11 is 7.62. The highest BCUT2D eigenvalue weighted by molar-refractivity contribution is 7.99. The van der Waals surface area contributed by atoms with Crippen molar-refractivity contribution in [1.82, 2.24) is 0 Å². The fraction of sp³-hybridized carbons (Fsp3) is 0.364. The number of hydrogen-bond acceptors (Lipinski definition) is 3. The lowest BCUT2D eigenvalue weighted by Crippen LogP contribution is -2.06. The van der Waals surface area contributed by atoms with Crippen molar-refractivity contribution in [3.63, 3.8) is 0 Å². The molecule has 0 aliphatic heterocycles. The van der Waals surface area contributed by atoms with Crippen molar-refractivity contribution in [2.45, 2.75) is 6.92 Å². The molecule has 0 spiro atoms. The SMILES string of the molecule is CCSCCOc1c(Cl)cccc1C(=O)O. The molecule has 0 unspecified atom stereocenters. The van der Waals surface area contributed by atoms with E-state index in [2.05, 4.69) is 6.92 Å². The van der Waals surface area contributed by atoms with E-state index in [0.29, 0.717) is 11.6 Å². The largest absolute Gasteiger partial charge is 0.490 e. The summed E-state index contributed by atoms with van der Waals surface area (Å²) in [7, 11) is 0. The molecule has 0 fully saturated rings. The first kappa shape index (κ1) is 13.2. The van der Waals surface area contributed by atoms with Gasteiger partial charge in [-0.2, -0.15) is 11.8 Å². The summed E-state index contributed by atoms with van der Waals surface area (Å²) in [5.41, 5.74) is 0.106. The van der Waals surface area contributed by atoms with Gasteiger partial charge in [-0.05, 0) is 17.9 Å². The topological polar surface area (TPSA) is 46.5 Å². The minimum Gasteiger partial charge on any atom is -0.490 e. The Hall–Kier alpha value is -0.870. The van der Waals surface area contributed by atoms with Crippen LogP contribution in [0.15, 0.2) is 18.2 Å². The van der Waals surface area contributed by atoms with E-state index < -0.39 is 5.97 Å². The molecule has 0 saturated heterocycles. The molecule has 0 aliphatic carbocycles. The molecule has 0 aliphatic rings. The van der Waals surface area contributed by atoms with E-state index in [1.165, 1.54) is 6.07 Å². The van der Waals surface area contributed by atoms with Crippen LogP contribution in [0.3, 0.4) is 0 Å². The fourth-order valence-corrected chi connectivity index (χ4v) is 1.89. The van der Waals surface area contributed by atoms with Crippen LogP contribution in [0.4, 0.5) is 0 Å². The van der Waals surface area contributed by atoms with Gasteiger partial charge in [0.25, 0.3) is 0 Å². The highest BCUT2D eigenvalue weighted by Gasteiger charge is 2.13. The van der Waals surface area contributed by atoms with Gasteiger partial charge in [-0.25, -0.2) is 4.79 Å².